The molecule has 0 spiro atoms. The lowest BCUT2D eigenvalue weighted by molar-refractivity contribution is -0.141. The first kappa shape index (κ1) is 25.8. The number of benzene rings is 1. The van der Waals surface area contributed by atoms with Crippen LogP contribution in [0.4, 0.5) is 18.9 Å². The van der Waals surface area contributed by atoms with Gasteiger partial charge in [0.15, 0.2) is 11.5 Å². The topological polar surface area (TPSA) is 120 Å². The second-order valence-electron chi connectivity index (χ2n) is 8.08. The number of carbonyl (C=O) groups is 2. The standard InChI is InChI=1S/C23H20ClF3N8O2/c1-12-7-13(2)19(15(8-12)21(36)28-3)30-22(37)17-9-14(10-34-11-18(31-33-34)23(25,26)27)32-35(17)20-16(24)5-4-6-29-20/h4-9,11H,10H2,1-3H3,(H,28,36)(H,30,37). The highest BCUT2D eigenvalue weighted by Crippen LogP contribution is 2.28. The van der Waals surface area contributed by atoms with Crippen molar-refractivity contribution in [2.75, 3.05) is 12.4 Å². The van der Waals surface area contributed by atoms with Crippen molar-refractivity contribution in [1.29, 1.82) is 0 Å². The van der Waals surface area contributed by atoms with Crippen molar-refractivity contribution in [2.45, 2.75) is 26.6 Å². The van der Waals surface area contributed by atoms with Gasteiger partial charge in [-0.2, -0.15) is 18.3 Å². The zero-order chi connectivity index (χ0) is 26.9. The number of carbonyl (C=O) groups excluding carboxylic acids is 2. The van der Waals surface area contributed by atoms with Crippen molar-refractivity contribution in [3.8, 4) is 5.82 Å². The molecular weight excluding hydrogens is 513 g/mol. The monoisotopic (exact) mass is 532 g/mol. The van der Waals surface area contributed by atoms with E-state index >= 15 is 0 Å². The van der Waals surface area contributed by atoms with Gasteiger partial charge in [-0.3, -0.25) is 9.59 Å². The first-order valence-corrected chi connectivity index (χ1v) is 11.2. The van der Waals surface area contributed by atoms with Crippen LogP contribution in [0.25, 0.3) is 5.82 Å². The van der Waals surface area contributed by atoms with Gasteiger partial charge in [0.25, 0.3) is 11.8 Å². The average Bonchev–Trinajstić information content (AvgIpc) is 3.48. The summed E-state index contributed by atoms with van der Waals surface area (Å²) in [4.78, 5) is 30.1. The number of alkyl halides is 3. The molecule has 0 saturated heterocycles. The Kier molecular flexibility index (Phi) is 6.99. The van der Waals surface area contributed by atoms with Crippen LogP contribution in [0.3, 0.4) is 0 Å². The zero-order valence-electron chi connectivity index (χ0n) is 19.8. The second kappa shape index (κ2) is 10.0. The smallest absolute Gasteiger partial charge is 0.355 e. The quantitative estimate of drug-likeness (QED) is 0.390. The van der Waals surface area contributed by atoms with Crippen LogP contribution in [-0.2, 0) is 12.7 Å². The molecule has 3 heterocycles. The number of aryl methyl sites for hydroxylation is 2. The van der Waals surface area contributed by atoms with Crippen molar-refractivity contribution in [3.63, 3.8) is 0 Å². The first-order valence-electron chi connectivity index (χ1n) is 10.8. The van der Waals surface area contributed by atoms with Gasteiger partial charge in [0.1, 0.15) is 5.69 Å². The van der Waals surface area contributed by atoms with Gasteiger partial charge in [0.05, 0.1) is 34.7 Å². The number of rotatable bonds is 6. The number of amides is 2. The Morgan fingerprint density at radius 2 is 1.89 bits per heavy atom. The summed E-state index contributed by atoms with van der Waals surface area (Å²) in [5.41, 5.74) is 1.05. The van der Waals surface area contributed by atoms with E-state index in [0.717, 1.165) is 16.4 Å². The maximum atomic E-state index is 13.5. The maximum Gasteiger partial charge on any atom is 0.436 e. The van der Waals surface area contributed by atoms with Crippen LogP contribution in [0.15, 0.2) is 42.7 Å². The van der Waals surface area contributed by atoms with Crippen LogP contribution in [0.2, 0.25) is 5.02 Å². The second-order valence-corrected chi connectivity index (χ2v) is 8.49. The summed E-state index contributed by atoms with van der Waals surface area (Å²) in [6.07, 6.45) is -2.47. The van der Waals surface area contributed by atoms with Crippen molar-refractivity contribution >= 4 is 29.1 Å². The van der Waals surface area contributed by atoms with Crippen molar-refractivity contribution in [2.24, 2.45) is 0 Å². The SMILES string of the molecule is CNC(=O)c1cc(C)cc(C)c1NC(=O)c1cc(Cn2cc(C(F)(F)F)nn2)nn1-c1ncccc1Cl. The van der Waals surface area contributed by atoms with E-state index in [1.807, 2.05) is 13.0 Å². The fraction of sp³-hybridized carbons (Fsp3) is 0.217. The summed E-state index contributed by atoms with van der Waals surface area (Å²) in [5, 5.41) is 16.4. The Bertz CT molecular complexity index is 1500. The van der Waals surface area contributed by atoms with E-state index in [9.17, 15) is 22.8 Å². The number of nitrogens with one attached hydrogen (secondary N) is 2. The van der Waals surface area contributed by atoms with E-state index in [0.29, 0.717) is 11.3 Å². The zero-order valence-corrected chi connectivity index (χ0v) is 20.5. The average molecular weight is 533 g/mol. The number of hydrogen-bond acceptors (Lipinski definition) is 6. The third-order valence-electron chi connectivity index (χ3n) is 5.28. The molecule has 2 N–H and O–H groups in total. The van der Waals surface area contributed by atoms with E-state index in [1.54, 1.807) is 25.1 Å². The van der Waals surface area contributed by atoms with Crippen LogP contribution < -0.4 is 10.6 Å². The molecular formula is C23H20ClF3N8O2. The Morgan fingerprint density at radius 3 is 2.54 bits per heavy atom. The predicted octanol–water partition coefficient (Wildman–Crippen LogP) is 3.81. The minimum Gasteiger partial charge on any atom is -0.355 e. The van der Waals surface area contributed by atoms with E-state index in [2.05, 4.69) is 31.0 Å². The van der Waals surface area contributed by atoms with E-state index in [-0.39, 0.29) is 34.3 Å². The maximum absolute atomic E-state index is 13.5. The minimum absolute atomic E-state index is 0.0189. The summed E-state index contributed by atoms with van der Waals surface area (Å²) < 4.78 is 40.9. The normalized spacial score (nSPS) is 11.4. The predicted molar refractivity (Wildman–Crippen MR) is 128 cm³/mol. The molecule has 0 bridgehead atoms. The van der Waals surface area contributed by atoms with Crippen molar-refractivity contribution < 1.29 is 22.8 Å². The lowest BCUT2D eigenvalue weighted by atomic mass is 10.0. The number of hydrogen-bond donors (Lipinski definition) is 2. The highest BCUT2D eigenvalue weighted by atomic mass is 35.5. The highest BCUT2D eigenvalue weighted by molar-refractivity contribution is 6.32. The van der Waals surface area contributed by atoms with Crippen molar-refractivity contribution in [1.82, 2.24) is 35.1 Å². The fourth-order valence-electron chi connectivity index (χ4n) is 3.66. The van der Waals surface area contributed by atoms with Gasteiger partial charge in [-0.15, -0.1) is 5.10 Å². The van der Waals surface area contributed by atoms with Gasteiger partial charge >= 0.3 is 6.18 Å². The molecule has 0 aliphatic rings. The summed E-state index contributed by atoms with van der Waals surface area (Å²) >= 11 is 6.29. The Labute approximate surface area is 213 Å². The molecule has 0 atom stereocenters. The molecule has 1 aromatic carbocycles. The van der Waals surface area contributed by atoms with Gasteiger partial charge in [-0.1, -0.05) is 22.9 Å². The van der Waals surface area contributed by atoms with Crippen LogP contribution in [0, 0.1) is 13.8 Å². The molecule has 192 valence electrons. The number of anilines is 1. The molecule has 4 rings (SSSR count). The molecule has 0 radical (unpaired) electrons. The van der Waals surface area contributed by atoms with E-state index < -0.39 is 23.7 Å². The minimum atomic E-state index is -4.65. The van der Waals surface area contributed by atoms with Crippen molar-refractivity contribution in [3.05, 3.63) is 81.5 Å². The molecule has 0 fully saturated rings. The molecule has 0 saturated carbocycles. The van der Waals surface area contributed by atoms with E-state index in [4.69, 9.17) is 11.6 Å². The van der Waals surface area contributed by atoms with Gasteiger partial charge in [-0.05, 0) is 49.2 Å². The molecule has 14 heteroatoms. The van der Waals surface area contributed by atoms with Gasteiger partial charge in [0, 0.05) is 13.2 Å². The Hall–Kier alpha value is -4.26. The Morgan fingerprint density at radius 1 is 1.14 bits per heavy atom. The number of halogens is 4. The third-order valence-corrected chi connectivity index (χ3v) is 5.57. The third kappa shape index (κ3) is 5.45. The summed E-state index contributed by atoms with van der Waals surface area (Å²) in [5.74, 6) is -0.912. The van der Waals surface area contributed by atoms with Gasteiger partial charge < -0.3 is 10.6 Å². The summed E-state index contributed by atoms with van der Waals surface area (Å²) in [6.45, 7) is 3.36. The molecule has 10 nitrogen and oxygen atoms in total. The van der Waals surface area contributed by atoms with Crippen LogP contribution >= 0.6 is 11.6 Å². The van der Waals surface area contributed by atoms with Crippen LogP contribution in [0.1, 0.15) is 43.4 Å². The van der Waals surface area contributed by atoms with Crippen LogP contribution in [0.5, 0.6) is 0 Å². The molecule has 0 aliphatic carbocycles. The molecule has 0 aliphatic heterocycles. The molecule has 3 aromatic heterocycles. The molecule has 4 aromatic rings. The highest BCUT2D eigenvalue weighted by Gasteiger charge is 2.34. The number of aromatic nitrogens is 6. The summed E-state index contributed by atoms with van der Waals surface area (Å²) in [6, 6.07) is 7.97. The number of nitrogens with zero attached hydrogens (tertiary/aromatic N) is 6. The lowest BCUT2D eigenvalue weighted by Gasteiger charge is -2.15. The summed E-state index contributed by atoms with van der Waals surface area (Å²) in [7, 11) is 1.48. The first-order chi connectivity index (χ1) is 17.5. The fourth-order valence-corrected chi connectivity index (χ4v) is 3.86. The van der Waals surface area contributed by atoms with Crippen LogP contribution in [-0.4, -0.2) is 48.6 Å². The molecule has 2 amide bonds. The Balaban J connectivity index is 1.75. The number of pyridine rings is 1. The van der Waals surface area contributed by atoms with Gasteiger partial charge in [0.2, 0.25) is 0 Å². The molecule has 37 heavy (non-hydrogen) atoms. The lowest BCUT2D eigenvalue weighted by Crippen LogP contribution is -2.23. The largest absolute Gasteiger partial charge is 0.436 e. The van der Waals surface area contributed by atoms with E-state index in [1.165, 1.54) is 24.0 Å². The molecule has 0 unspecified atom stereocenters. The van der Waals surface area contributed by atoms with Gasteiger partial charge in [-0.25, -0.2) is 14.3 Å².